The summed E-state index contributed by atoms with van der Waals surface area (Å²) in [6, 6.07) is 0. The summed E-state index contributed by atoms with van der Waals surface area (Å²) in [4.78, 5) is 20.2. The van der Waals surface area contributed by atoms with Crippen molar-refractivity contribution in [2.75, 3.05) is 45.8 Å². The van der Waals surface area contributed by atoms with E-state index in [1.807, 2.05) is 4.90 Å². The Labute approximate surface area is 129 Å². The van der Waals surface area contributed by atoms with E-state index in [1.54, 1.807) is 6.92 Å². The third-order valence-corrected chi connectivity index (χ3v) is 3.34. The van der Waals surface area contributed by atoms with Crippen LogP contribution in [0.25, 0.3) is 0 Å². The van der Waals surface area contributed by atoms with E-state index in [-0.39, 0.29) is 11.4 Å². The van der Waals surface area contributed by atoms with Gasteiger partial charge in [-0.05, 0) is 27.7 Å². The van der Waals surface area contributed by atoms with Gasteiger partial charge in [-0.3, -0.25) is 14.7 Å². The van der Waals surface area contributed by atoms with E-state index in [2.05, 4.69) is 48.2 Å². The minimum Gasteiger partial charge on any atom is -0.357 e. The topological polar surface area (TPSA) is 60.0 Å². The first kappa shape index (κ1) is 17.8. The molecule has 1 rings (SSSR count). The van der Waals surface area contributed by atoms with Crippen molar-refractivity contribution in [3.8, 4) is 0 Å². The first-order chi connectivity index (χ1) is 9.81. The smallest absolute Gasteiger partial charge is 0.219 e. The summed E-state index contributed by atoms with van der Waals surface area (Å²) >= 11 is 0. The second kappa shape index (κ2) is 8.22. The lowest BCUT2D eigenvalue weighted by Gasteiger charge is -2.33. The number of nitrogens with one attached hydrogen (secondary N) is 2. The van der Waals surface area contributed by atoms with Gasteiger partial charge in [-0.25, -0.2) is 0 Å². The van der Waals surface area contributed by atoms with Gasteiger partial charge in [0.1, 0.15) is 0 Å². The minimum atomic E-state index is 0.00805. The highest BCUT2D eigenvalue weighted by atomic mass is 16.2. The van der Waals surface area contributed by atoms with E-state index in [9.17, 15) is 4.79 Å². The Bertz CT molecular complexity index is 354. The maximum atomic E-state index is 11.3. The van der Waals surface area contributed by atoms with Crippen molar-refractivity contribution in [3.63, 3.8) is 0 Å². The predicted octanol–water partition coefficient (Wildman–Crippen LogP) is 0.504. The molecule has 1 amide bonds. The van der Waals surface area contributed by atoms with Gasteiger partial charge in [0, 0.05) is 51.7 Å². The lowest BCUT2D eigenvalue weighted by Crippen LogP contribution is -2.49. The fourth-order valence-corrected chi connectivity index (χ4v) is 2.25. The summed E-state index contributed by atoms with van der Waals surface area (Å²) in [6.07, 6.45) is 0. The second-order valence-electron chi connectivity index (χ2n) is 6.48. The van der Waals surface area contributed by atoms with Crippen molar-refractivity contribution >= 4 is 11.9 Å². The SMILES string of the molecule is CCNC(=NCCN1CCN(C(C)=O)CC1)NC(C)(C)C. The van der Waals surface area contributed by atoms with Crippen LogP contribution in [0.15, 0.2) is 4.99 Å². The average Bonchev–Trinajstić information content (AvgIpc) is 2.37. The van der Waals surface area contributed by atoms with Crippen LogP contribution >= 0.6 is 0 Å². The number of piperazine rings is 1. The van der Waals surface area contributed by atoms with E-state index >= 15 is 0 Å². The number of guanidine groups is 1. The Morgan fingerprint density at radius 3 is 2.29 bits per heavy atom. The monoisotopic (exact) mass is 297 g/mol. The lowest BCUT2D eigenvalue weighted by atomic mass is 10.1. The highest BCUT2D eigenvalue weighted by Crippen LogP contribution is 2.02. The van der Waals surface area contributed by atoms with Crippen LogP contribution in [0, 0.1) is 0 Å². The van der Waals surface area contributed by atoms with Crippen molar-refractivity contribution in [1.29, 1.82) is 0 Å². The molecule has 0 saturated carbocycles. The van der Waals surface area contributed by atoms with E-state index in [4.69, 9.17) is 0 Å². The third kappa shape index (κ3) is 7.32. The molecule has 21 heavy (non-hydrogen) atoms. The summed E-state index contributed by atoms with van der Waals surface area (Å²) in [6.45, 7) is 16.2. The van der Waals surface area contributed by atoms with E-state index in [0.29, 0.717) is 0 Å². The number of rotatable bonds is 4. The van der Waals surface area contributed by atoms with Gasteiger partial charge in [0.05, 0.1) is 6.54 Å². The molecule has 0 bridgehead atoms. The van der Waals surface area contributed by atoms with Gasteiger partial charge in [0.25, 0.3) is 0 Å². The first-order valence-corrected chi connectivity index (χ1v) is 7.86. The van der Waals surface area contributed by atoms with Gasteiger partial charge < -0.3 is 15.5 Å². The van der Waals surface area contributed by atoms with Crippen molar-refractivity contribution in [3.05, 3.63) is 0 Å². The molecule has 0 atom stereocenters. The van der Waals surface area contributed by atoms with E-state index < -0.39 is 0 Å². The van der Waals surface area contributed by atoms with Crippen LogP contribution in [0.2, 0.25) is 0 Å². The largest absolute Gasteiger partial charge is 0.357 e. The van der Waals surface area contributed by atoms with Gasteiger partial charge in [-0.2, -0.15) is 0 Å². The summed E-state index contributed by atoms with van der Waals surface area (Å²) in [7, 11) is 0. The molecule has 0 aromatic heterocycles. The number of carbonyl (C=O) groups excluding carboxylic acids is 1. The normalized spacial score (nSPS) is 17.8. The van der Waals surface area contributed by atoms with E-state index in [1.165, 1.54) is 0 Å². The zero-order chi connectivity index (χ0) is 15.9. The molecule has 6 nitrogen and oxygen atoms in total. The van der Waals surface area contributed by atoms with Crippen molar-refractivity contribution in [2.24, 2.45) is 4.99 Å². The minimum absolute atomic E-state index is 0.00805. The van der Waals surface area contributed by atoms with Crippen LogP contribution < -0.4 is 10.6 Å². The molecule has 1 saturated heterocycles. The average molecular weight is 297 g/mol. The van der Waals surface area contributed by atoms with Gasteiger partial charge in [0.15, 0.2) is 5.96 Å². The molecular formula is C15H31N5O. The Morgan fingerprint density at radius 1 is 1.19 bits per heavy atom. The quantitative estimate of drug-likeness (QED) is 0.586. The highest BCUT2D eigenvalue weighted by molar-refractivity contribution is 5.80. The molecule has 1 heterocycles. The Morgan fingerprint density at radius 2 is 1.81 bits per heavy atom. The second-order valence-corrected chi connectivity index (χ2v) is 6.48. The van der Waals surface area contributed by atoms with Crippen LogP contribution in [-0.2, 0) is 4.79 Å². The lowest BCUT2D eigenvalue weighted by molar-refractivity contribution is -0.130. The Kier molecular flexibility index (Phi) is 6.95. The van der Waals surface area contributed by atoms with Crippen molar-refractivity contribution in [2.45, 2.75) is 40.2 Å². The van der Waals surface area contributed by atoms with Gasteiger partial charge in [0.2, 0.25) is 5.91 Å². The van der Waals surface area contributed by atoms with Crippen LogP contribution in [0.4, 0.5) is 0 Å². The summed E-state index contributed by atoms with van der Waals surface area (Å²) in [5.74, 6) is 1.05. The molecule has 0 aromatic rings. The standard InChI is InChI=1S/C15H31N5O/c1-6-16-14(18-15(3,4)5)17-7-8-19-9-11-20(12-10-19)13(2)21/h6-12H2,1-5H3,(H2,16,17,18). The Hall–Kier alpha value is -1.30. The maximum absolute atomic E-state index is 11.3. The van der Waals surface area contributed by atoms with Crippen LogP contribution in [0.1, 0.15) is 34.6 Å². The number of amides is 1. The van der Waals surface area contributed by atoms with E-state index in [0.717, 1.165) is 51.8 Å². The summed E-state index contributed by atoms with van der Waals surface area (Å²) < 4.78 is 0. The Balaban J connectivity index is 2.36. The number of aliphatic imine (C=N–C) groups is 1. The number of nitrogens with zero attached hydrogens (tertiary/aromatic N) is 3. The number of hydrogen-bond acceptors (Lipinski definition) is 3. The van der Waals surface area contributed by atoms with Crippen molar-refractivity contribution < 1.29 is 4.79 Å². The third-order valence-electron chi connectivity index (χ3n) is 3.34. The summed E-state index contributed by atoms with van der Waals surface area (Å²) in [5.41, 5.74) is 0.00805. The van der Waals surface area contributed by atoms with Crippen LogP contribution in [0.3, 0.4) is 0 Å². The molecule has 1 aliphatic rings. The number of carbonyl (C=O) groups is 1. The summed E-state index contributed by atoms with van der Waals surface area (Å²) in [5, 5.41) is 6.65. The fourth-order valence-electron chi connectivity index (χ4n) is 2.25. The highest BCUT2D eigenvalue weighted by Gasteiger charge is 2.18. The molecule has 6 heteroatoms. The maximum Gasteiger partial charge on any atom is 0.219 e. The molecule has 0 aliphatic carbocycles. The zero-order valence-corrected chi connectivity index (χ0v) is 14.2. The fraction of sp³-hybridized carbons (Fsp3) is 0.867. The van der Waals surface area contributed by atoms with Crippen molar-refractivity contribution in [1.82, 2.24) is 20.4 Å². The molecular weight excluding hydrogens is 266 g/mol. The molecule has 0 radical (unpaired) electrons. The van der Waals surface area contributed by atoms with Crippen LogP contribution in [-0.4, -0.2) is 73.0 Å². The van der Waals surface area contributed by atoms with Gasteiger partial charge in [-0.1, -0.05) is 0 Å². The molecule has 0 aromatic carbocycles. The molecule has 0 unspecified atom stereocenters. The van der Waals surface area contributed by atoms with Crippen LogP contribution in [0.5, 0.6) is 0 Å². The van der Waals surface area contributed by atoms with Gasteiger partial charge >= 0.3 is 0 Å². The molecule has 1 fully saturated rings. The first-order valence-electron chi connectivity index (χ1n) is 7.86. The molecule has 1 aliphatic heterocycles. The molecule has 2 N–H and O–H groups in total. The zero-order valence-electron chi connectivity index (χ0n) is 14.2. The number of hydrogen-bond donors (Lipinski definition) is 2. The molecule has 122 valence electrons. The van der Waals surface area contributed by atoms with Gasteiger partial charge in [-0.15, -0.1) is 0 Å². The molecule has 0 spiro atoms. The predicted molar refractivity (Wildman–Crippen MR) is 87.6 cm³/mol.